The highest BCUT2D eigenvalue weighted by atomic mass is 16.2. The molecule has 182 valence electrons. The van der Waals surface area contributed by atoms with Crippen LogP contribution in [0.3, 0.4) is 0 Å². The molecule has 2 heterocycles. The summed E-state index contributed by atoms with van der Waals surface area (Å²) >= 11 is 0. The van der Waals surface area contributed by atoms with Crippen molar-refractivity contribution in [3.63, 3.8) is 0 Å². The van der Waals surface area contributed by atoms with Crippen molar-refractivity contribution in [3.8, 4) is 11.1 Å². The average Bonchev–Trinajstić information content (AvgIpc) is 2.90. The summed E-state index contributed by atoms with van der Waals surface area (Å²) in [6.07, 6.45) is 0. The Labute approximate surface area is 210 Å². The van der Waals surface area contributed by atoms with E-state index in [4.69, 9.17) is 10.7 Å². The van der Waals surface area contributed by atoms with Gasteiger partial charge in [-0.3, -0.25) is 14.7 Å². The predicted molar refractivity (Wildman–Crippen MR) is 143 cm³/mol. The zero-order valence-electron chi connectivity index (χ0n) is 20.2. The van der Waals surface area contributed by atoms with Crippen molar-refractivity contribution in [1.82, 2.24) is 14.8 Å². The van der Waals surface area contributed by atoms with Crippen molar-refractivity contribution < 1.29 is 9.59 Å². The Morgan fingerprint density at radius 2 is 1.72 bits per heavy atom. The summed E-state index contributed by atoms with van der Waals surface area (Å²) in [7, 11) is 0. The molecule has 5 rings (SSSR count). The number of nitrogens with zero attached hydrogens (tertiary/aromatic N) is 3. The molecule has 1 aliphatic rings. The molecule has 1 aromatic heterocycles. The first-order valence-corrected chi connectivity index (χ1v) is 12.1. The van der Waals surface area contributed by atoms with Crippen LogP contribution in [0.25, 0.3) is 22.0 Å². The number of hydrogen-bond acceptors (Lipinski definition) is 4. The Bertz CT molecular complexity index is 1420. The third kappa shape index (κ3) is 5.21. The molecule has 1 aliphatic heterocycles. The van der Waals surface area contributed by atoms with E-state index in [9.17, 15) is 9.59 Å². The zero-order chi connectivity index (χ0) is 25.1. The summed E-state index contributed by atoms with van der Waals surface area (Å²) < 4.78 is 0. The van der Waals surface area contributed by atoms with Crippen LogP contribution in [0.5, 0.6) is 0 Å². The second-order valence-electron chi connectivity index (χ2n) is 9.22. The van der Waals surface area contributed by atoms with E-state index in [1.165, 1.54) is 0 Å². The van der Waals surface area contributed by atoms with E-state index in [2.05, 4.69) is 35.3 Å². The quantitative estimate of drug-likeness (QED) is 0.433. The van der Waals surface area contributed by atoms with Gasteiger partial charge in [-0.2, -0.15) is 0 Å². The first kappa shape index (κ1) is 23.5. The first-order chi connectivity index (χ1) is 17.5. The van der Waals surface area contributed by atoms with Crippen LogP contribution >= 0.6 is 0 Å². The van der Waals surface area contributed by atoms with Gasteiger partial charge >= 0.3 is 6.03 Å². The number of benzene rings is 3. The van der Waals surface area contributed by atoms with Gasteiger partial charge in [0.15, 0.2) is 0 Å². The summed E-state index contributed by atoms with van der Waals surface area (Å²) in [6.45, 7) is 4.97. The molecule has 3 amide bonds. The normalized spacial score (nSPS) is 16.1. The number of rotatable bonds is 5. The van der Waals surface area contributed by atoms with Crippen LogP contribution < -0.4 is 11.1 Å². The third-order valence-electron chi connectivity index (χ3n) is 6.67. The molecule has 3 aromatic carbocycles. The predicted octanol–water partition coefficient (Wildman–Crippen LogP) is 4.74. The molecule has 3 N–H and O–H groups in total. The molecule has 0 radical (unpaired) electrons. The minimum atomic E-state index is -0.467. The Morgan fingerprint density at radius 3 is 2.53 bits per heavy atom. The van der Waals surface area contributed by atoms with E-state index in [-0.39, 0.29) is 12.1 Å². The molecule has 1 unspecified atom stereocenters. The van der Waals surface area contributed by atoms with Crippen LogP contribution in [0.15, 0.2) is 84.9 Å². The van der Waals surface area contributed by atoms with E-state index in [1.54, 1.807) is 18.2 Å². The van der Waals surface area contributed by atoms with Gasteiger partial charge in [0, 0.05) is 48.9 Å². The van der Waals surface area contributed by atoms with Crippen LogP contribution in [0.4, 0.5) is 10.5 Å². The highest BCUT2D eigenvalue weighted by Crippen LogP contribution is 2.24. The maximum Gasteiger partial charge on any atom is 0.321 e. The van der Waals surface area contributed by atoms with Gasteiger partial charge in [0.05, 0.1) is 11.2 Å². The SMILES string of the molecule is CC1CN(C(=O)Nc2cccc(-c3cccc(C(N)=O)c3)c2)CCN1Cc1ccc2ccccc2n1. The molecule has 4 aromatic rings. The molecule has 0 spiro atoms. The highest BCUT2D eigenvalue weighted by molar-refractivity contribution is 5.94. The molecule has 1 saturated heterocycles. The molecule has 1 atom stereocenters. The van der Waals surface area contributed by atoms with Gasteiger partial charge in [-0.05, 0) is 54.4 Å². The number of fused-ring (bicyclic) bond motifs is 1. The lowest BCUT2D eigenvalue weighted by Crippen LogP contribution is -2.54. The van der Waals surface area contributed by atoms with E-state index < -0.39 is 5.91 Å². The Balaban J connectivity index is 1.21. The fourth-order valence-electron chi connectivity index (χ4n) is 4.65. The number of nitrogens with two attached hydrogens (primary N) is 1. The van der Waals surface area contributed by atoms with E-state index in [1.807, 2.05) is 53.4 Å². The number of primary amides is 1. The lowest BCUT2D eigenvalue weighted by molar-refractivity contribution is 0.0965. The number of anilines is 1. The Hall–Kier alpha value is -4.23. The van der Waals surface area contributed by atoms with E-state index in [0.717, 1.165) is 40.8 Å². The van der Waals surface area contributed by atoms with Crippen molar-refractivity contribution >= 4 is 28.5 Å². The molecular formula is C29H29N5O2. The van der Waals surface area contributed by atoms with Crippen LogP contribution in [-0.4, -0.2) is 52.4 Å². The molecule has 7 nitrogen and oxygen atoms in total. The smallest absolute Gasteiger partial charge is 0.321 e. The van der Waals surface area contributed by atoms with Crippen LogP contribution in [-0.2, 0) is 6.54 Å². The van der Waals surface area contributed by atoms with E-state index in [0.29, 0.717) is 24.3 Å². The maximum absolute atomic E-state index is 13.0. The number of urea groups is 1. The molecule has 0 bridgehead atoms. The van der Waals surface area contributed by atoms with Crippen molar-refractivity contribution in [2.24, 2.45) is 5.73 Å². The molecule has 36 heavy (non-hydrogen) atoms. The van der Waals surface area contributed by atoms with Gasteiger partial charge < -0.3 is 16.0 Å². The van der Waals surface area contributed by atoms with Gasteiger partial charge in [-0.25, -0.2) is 4.79 Å². The summed E-state index contributed by atoms with van der Waals surface area (Å²) in [5.74, 6) is -0.467. The summed E-state index contributed by atoms with van der Waals surface area (Å²) in [4.78, 5) is 33.6. The van der Waals surface area contributed by atoms with Crippen molar-refractivity contribution in [2.75, 3.05) is 25.0 Å². The van der Waals surface area contributed by atoms with Crippen LogP contribution in [0.2, 0.25) is 0 Å². The molecule has 0 saturated carbocycles. The lowest BCUT2D eigenvalue weighted by Gasteiger charge is -2.39. The number of carbonyl (C=O) groups excluding carboxylic acids is 2. The van der Waals surface area contributed by atoms with E-state index >= 15 is 0 Å². The van der Waals surface area contributed by atoms with Crippen molar-refractivity contribution in [3.05, 3.63) is 96.2 Å². The summed E-state index contributed by atoms with van der Waals surface area (Å²) in [5.41, 5.74) is 10.4. The minimum absolute atomic E-state index is 0.117. The number of nitrogens with one attached hydrogen (secondary N) is 1. The number of carbonyl (C=O) groups is 2. The third-order valence-corrected chi connectivity index (χ3v) is 6.67. The topological polar surface area (TPSA) is 91.6 Å². The van der Waals surface area contributed by atoms with Crippen molar-refractivity contribution in [1.29, 1.82) is 0 Å². The highest BCUT2D eigenvalue weighted by Gasteiger charge is 2.27. The van der Waals surface area contributed by atoms with Gasteiger partial charge in [0.2, 0.25) is 5.91 Å². The van der Waals surface area contributed by atoms with Gasteiger partial charge in [-0.15, -0.1) is 0 Å². The fourth-order valence-corrected chi connectivity index (χ4v) is 4.65. The number of piperazine rings is 1. The van der Waals surface area contributed by atoms with Gasteiger partial charge in [-0.1, -0.05) is 48.5 Å². The summed E-state index contributed by atoms with van der Waals surface area (Å²) in [6, 6.07) is 27.2. The first-order valence-electron chi connectivity index (χ1n) is 12.1. The zero-order valence-corrected chi connectivity index (χ0v) is 20.2. The maximum atomic E-state index is 13.0. The number of hydrogen-bond donors (Lipinski definition) is 2. The molecule has 1 fully saturated rings. The largest absolute Gasteiger partial charge is 0.366 e. The number of pyridine rings is 1. The fraction of sp³-hybridized carbons (Fsp3) is 0.207. The second-order valence-corrected chi connectivity index (χ2v) is 9.22. The van der Waals surface area contributed by atoms with Crippen LogP contribution in [0.1, 0.15) is 23.0 Å². The van der Waals surface area contributed by atoms with Gasteiger partial charge in [0.25, 0.3) is 0 Å². The standard InChI is InChI=1S/C29H29N5O2/c1-20-18-34(15-14-33(20)19-26-13-12-21-6-2-3-11-27(21)31-26)29(36)32-25-10-5-8-23(17-25)22-7-4-9-24(16-22)28(30)35/h2-13,16-17,20H,14-15,18-19H2,1H3,(H2,30,35)(H,32,36). The Morgan fingerprint density at radius 1 is 0.944 bits per heavy atom. The van der Waals surface area contributed by atoms with Crippen LogP contribution in [0, 0.1) is 0 Å². The molecule has 0 aliphatic carbocycles. The van der Waals surface area contributed by atoms with Crippen molar-refractivity contribution in [2.45, 2.75) is 19.5 Å². The number of aromatic nitrogens is 1. The number of para-hydroxylation sites is 1. The monoisotopic (exact) mass is 479 g/mol. The summed E-state index contributed by atoms with van der Waals surface area (Å²) in [5, 5.41) is 4.17. The average molecular weight is 480 g/mol. The second kappa shape index (κ2) is 10.2. The lowest BCUT2D eigenvalue weighted by atomic mass is 10.0. The number of amides is 3. The Kier molecular flexibility index (Phi) is 6.64. The molecule has 7 heteroatoms. The van der Waals surface area contributed by atoms with Gasteiger partial charge in [0.1, 0.15) is 0 Å². The molecular weight excluding hydrogens is 450 g/mol. The minimum Gasteiger partial charge on any atom is -0.366 e.